The van der Waals surface area contributed by atoms with Crippen LogP contribution in [-0.2, 0) is 11.2 Å². The van der Waals surface area contributed by atoms with Gasteiger partial charge in [0.05, 0.1) is 0 Å². The van der Waals surface area contributed by atoms with Crippen LogP contribution in [-0.4, -0.2) is 18.6 Å². The summed E-state index contributed by atoms with van der Waals surface area (Å²) in [7, 11) is 0. The van der Waals surface area contributed by atoms with Crippen molar-refractivity contribution in [3.8, 4) is 0 Å². The summed E-state index contributed by atoms with van der Waals surface area (Å²) in [4.78, 5) is 10.4. The Morgan fingerprint density at radius 3 is 2.33 bits per heavy atom. The van der Waals surface area contributed by atoms with Gasteiger partial charge < -0.3 is 5.32 Å². The largest absolute Gasteiger partial charge is 0.471 e. The number of rotatable bonds is 3. The van der Waals surface area contributed by atoms with Gasteiger partial charge in [0.15, 0.2) is 0 Å². The number of halogens is 3. The second kappa shape index (κ2) is 4.82. The molecular weight excluding hydrogens is 207 g/mol. The van der Waals surface area contributed by atoms with Crippen LogP contribution in [0.1, 0.15) is 5.56 Å². The molecule has 5 heteroatoms. The summed E-state index contributed by atoms with van der Waals surface area (Å²) in [5, 5.41) is 1.81. The average molecular weight is 217 g/mol. The minimum absolute atomic E-state index is 0.0116. The van der Waals surface area contributed by atoms with Crippen LogP contribution in [0.3, 0.4) is 0 Å². The molecule has 0 saturated carbocycles. The third kappa shape index (κ3) is 4.01. The Balaban J connectivity index is 2.32. The summed E-state index contributed by atoms with van der Waals surface area (Å²) >= 11 is 0. The van der Waals surface area contributed by atoms with Crippen LogP contribution in [0.5, 0.6) is 0 Å². The fourth-order valence-electron chi connectivity index (χ4n) is 1.07. The van der Waals surface area contributed by atoms with E-state index in [2.05, 4.69) is 0 Å². The molecule has 0 saturated heterocycles. The van der Waals surface area contributed by atoms with E-state index in [1.807, 2.05) is 11.4 Å². The van der Waals surface area contributed by atoms with Crippen molar-refractivity contribution in [3.63, 3.8) is 0 Å². The fraction of sp³-hybridized carbons (Fsp3) is 0.300. The Hall–Kier alpha value is -1.52. The molecule has 2 nitrogen and oxygen atoms in total. The lowest BCUT2D eigenvalue weighted by atomic mass is 10.1. The molecule has 0 fully saturated rings. The number of alkyl halides is 3. The van der Waals surface area contributed by atoms with E-state index in [-0.39, 0.29) is 6.54 Å². The van der Waals surface area contributed by atoms with Crippen molar-refractivity contribution in [1.29, 1.82) is 0 Å². The lowest BCUT2D eigenvalue weighted by Gasteiger charge is -2.07. The number of benzene rings is 1. The minimum atomic E-state index is -4.79. The molecule has 82 valence electrons. The molecule has 15 heavy (non-hydrogen) atoms. The zero-order chi connectivity index (χ0) is 11.3. The maximum Gasteiger partial charge on any atom is 0.471 e. The molecule has 0 heterocycles. The van der Waals surface area contributed by atoms with Gasteiger partial charge in [-0.25, -0.2) is 0 Å². The molecule has 1 N–H and O–H groups in total. The molecule has 0 atom stereocenters. The van der Waals surface area contributed by atoms with Crippen molar-refractivity contribution >= 4 is 5.91 Å². The van der Waals surface area contributed by atoms with Crippen LogP contribution in [0.2, 0.25) is 0 Å². The molecule has 0 aromatic heterocycles. The van der Waals surface area contributed by atoms with Crippen LogP contribution < -0.4 is 5.32 Å². The van der Waals surface area contributed by atoms with Gasteiger partial charge in [0.1, 0.15) is 0 Å². The van der Waals surface area contributed by atoms with Crippen molar-refractivity contribution in [1.82, 2.24) is 5.32 Å². The highest BCUT2D eigenvalue weighted by atomic mass is 19.4. The van der Waals surface area contributed by atoms with Crippen LogP contribution in [0.4, 0.5) is 13.2 Å². The zero-order valence-electron chi connectivity index (χ0n) is 7.84. The van der Waals surface area contributed by atoms with Crippen molar-refractivity contribution in [2.24, 2.45) is 0 Å². The third-order valence-corrected chi connectivity index (χ3v) is 1.80. The number of nitrogens with one attached hydrogen (secondary N) is 1. The molecule has 0 aliphatic rings. The molecule has 1 amide bonds. The van der Waals surface area contributed by atoms with Gasteiger partial charge in [0.25, 0.3) is 0 Å². The lowest BCUT2D eigenvalue weighted by molar-refractivity contribution is -0.173. The first-order valence-electron chi connectivity index (χ1n) is 4.39. The second-order valence-corrected chi connectivity index (χ2v) is 2.99. The first-order chi connectivity index (χ1) is 7.00. The zero-order valence-corrected chi connectivity index (χ0v) is 7.84. The van der Waals surface area contributed by atoms with Gasteiger partial charge in [-0.2, -0.15) is 13.2 Å². The lowest BCUT2D eigenvalue weighted by Crippen LogP contribution is -2.37. The highest BCUT2D eigenvalue weighted by Gasteiger charge is 2.38. The molecule has 1 aromatic carbocycles. The van der Waals surface area contributed by atoms with Gasteiger partial charge in [0.2, 0.25) is 0 Å². The summed E-state index contributed by atoms with van der Waals surface area (Å²) in [5.74, 6) is -1.89. The molecule has 1 aromatic rings. The Bertz CT molecular complexity index is 321. The van der Waals surface area contributed by atoms with Crippen LogP contribution in [0.15, 0.2) is 30.3 Å². The van der Waals surface area contributed by atoms with Gasteiger partial charge in [-0.1, -0.05) is 30.3 Å². The van der Waals surface area contributed by atoms with Crippen molar-refractivity contribution < 1.29 is 18.0 Å². The van der Waals surface area contributed by atoms with Crippen molar-refractivity contribution in [3.05, 3.63) is 35.9 Å². The van der Waals surface area contributed by atoms with E-state index >= 15 is 0 Å². The van der Waals surface area contributed by atoms with Crippen LogP contribution in [0.25, 0.3) is 0 Å². The number of amides is 1. The summed E-state index contributed by atoms with van der Waals surface area (Å²) in [6.07, 6.45) is -4.40. The molecule has 0 radical (unpaired) electrons. The van der Waals surface area contributed by atoms with Crippen molar-refractivity contribution in [2.75, 3.05) is 6.54 Å². The summed E-state index contributed by atoms with van der Waals surface area (Å²) in [5.41, 5.74) is 0.889. The van der Waals surface area contributed by atoms with E-state index in [0.717, 1.165) is 5.56 Å². The maximum atomic E-state index is 11.8. The second-order valence-electron chi connectivity index (χ2n) is 2.99. The Morgan fingerprint density at radius 1 is 1.20 bits per heavy atom. The Morgan fingerprint density at radius 2 is 1.80 bits per heavy atom. The highest BCUT2D eigenvalue weighted by molar-refractivity contribution is 5.81. The number of hydrogen-bond acceptors (Lipinski definition) is 1. The normalized spacial score (nSPS) is 11.1. The third-order valence-electron chi connectivity index (χ3n) is 1.80. The predicted octanol–water partition coefficient (Wildman–Crippen LogP) is 1.91. The van der Waals surface area contributed by atoms with Gasteiger partial charge in [-0.3, -0.25) is 4.79 Å². The predicted molar refractivity (Wildman–Crippen MR) is 49.2 cm³/mol. The van der Waals surface area contributed by atoms with Gasteiger partial charge in [0, 0.05) is 6.54 Å². The molecule has 0 unspecified atom stereocenters. The number of carbonyl (C=O) groups is 1. The highest BCUT2D eigenvalue weighted by Crippen LogP contribution is 2.13. The van der Waals surface area contributed by atoms with Crippen molar-refractivity contribution in [2.45, 2.75) is 12.6 Å². The Labute approximate surface area is 85.1 Å². The summed E-state index contributed by atoms with van der Waals surface area (Å²) < 4.78 is 35.3. The van der Waals surface area contributed by atoms with Crippen LogP contribution >= 0.6 is 0 Å². The standard InChI is InChI=1S/C10H10F3NO/c11-10(12,13)9(15)14-7-6-8-4-2-1-3-5-8/h1-5H,6-7H2,(H,14,15). The van der Waals surface area contributed by atoms with E-state index in [1.54, 1.807) is 24.3 Å². The van der Waals surface area contributed by atoms with E-state index < -0.39 is 12.1 Å². The smallest absolute Gasteiger partial charge is 0.348 e. The number of carbonyl (C=O) groups excluding carboxylic acids is 1. The summed E-state index contributed by atoms with van der Waals surface area (Å²) in [6, 6.07) is 8.99. The quantitative estimate of drug-likeness (QED) is 0.823. The van der Waals surface area contributed by atoms with Gasteiger partial charge >= 0.3 is 12.1 Å². The fourth-order valence-corrected chi connectivity index (χ4v) is 1.07. The van der Waals surface area contributed by atoms with E-state index in [4.69, 9.17) is 0 Å². The molecule has 0 bridgehead atoms. The van der Waals surface area contributed by atoms with Gasteiger partial charge in [-0.15, -0.1) is 0 Å². The monoisotopic (exact) mass is 217 g/mol. The Kier molecular flexibility index (Phi) is 3.71. The maximum absolute atomic E-state index is 11.8. The molecule has 0 spiro atoms. The van der Waals surface area contributed by atoms with Gasteiger partial charge in [-0.05, 0) is 12.0 Å². The van der Waals surface area contributed by atoms with E-state index in [9.17, 15) is 18.0 Å². The average Bonchev–Trinajstić information content (AvgIpc) is 2.18. The molecule has 0 aliphatic carbocycles. The minimum Gasteiger partial charge on any atom is -0.348 e. The molecule has 0 aliphatic heterocycles. The van der Waals surface area contributed by atoms with E-state index in [0.29, 0.717) is 6.42 Å². The molecule has 1 rings (SSSR count). The molecular formula is C10H10F3NO. The first kappa shape index (κ1) is 11.6. The summed E-state index contributed by atoms with van der Waals surface area (Å²) in [6.45, 7) is -0.0116. The SMILES string of the molecule is O=C(NCCc1ccccc1)C(F)(F)F. The topological polar surface area (TPSA) is 29.1 Å². The first-order valence-corrected chi connectivity index (χ1v) is 4.39. The van der Waals surface area contributed by atoms with Crippen LogP contribution in [0, 0.1) is 0 Å². The number of hydrogen-bond donors (Lipinski definition) is 1. The van der Waals surface area contributed by atoms with E-state index in [1.165, 1.54) is 0 Å².